The Morgan fingerprint density at radius 2 is 2.02 bits per heavy atom. The standard InChI is InChI=1S/C32H29F3N6O2S/c33-32(34,35)31(2-3-31)19-8-28(43)41(39-12-19)15-22-10-27-30(44-22)23(1-4-37-27)25-5-17(11-36)6-26-24-7-18(24)14-40(29(25)26)21-9-20(16-42)38-13-21/h1,4-6,8,10,12,18,20-21,24,38,42H,2-3,7,9,13-16H2/t18-,20+,21-,24-/m0/s1. The Kier molecular flexibility index (Phi) is 6.21. The number of nitriles is 1. The van der Waals surface area contributed by atoms with Crippen LogP contribution < -0.4 is 15.8 Å². The summed E-state index contributed by atoms with van der Waals surface area (Å²) in [5.41, 5.74) is 3.02. The lowest BCUT2D eigenvalue weighted by atomic mass is 9.90. The highest BCUT2D eigenvalue weighted by atomic mass is 32.1. The van der Waals surface area contributed by atoms with Gasteiger partial charge in [-0.2, -0.15) is 23.5 Å². The van der Waals surface area contributed by atoms with E-state index in [4.69, 9.17) is 0 Å². The van der Waals surface area contributed by atoms with Crippen molar-refractivity contribution in [1.82, 2.24) is 20.1 Å². The number of nitrogens with one attached hydrogen (secondary N) is 1. The van der Waals surface area contributed by atoms with E-state index in [-0.39, 0.29) is 43.6 Å². The zero-order valence-corrected chi connectivity index (χ0v) is 24.5. The molecule has 4 atom stereocenters. The predicted octanol–water partition coefficient (Wildman–Crippen LogP) is 4.68. The van der Waals surface area contributed by atoms with Crippen LogP contribution in [0.1, 0.15) is 53.2 Å². The van der Waals surface area contributed by atoms with Crippen LogP contribution in [-0.4, -0.2) is 57.8 Å². The first-order chi connectivity index (χ1) is 21.2. The number of aliphatic hydroxyl groups excluding tert-OH is 1. The summed E-state index contributed by atoms with van der Waals surface area (Å²) in [6, 6.07) is 11.6. The Balaban J connectivity index is 1.18. The van der Waals surface area contributed by atoms with Crippen LogP contribution in [0.15, 0.2) is 47.5 Å². The van der Waals surface area contributed by atoms with Crippen LogP contribution in [-0.2, 0) is 12.0 Å². The maximum Gasteiger partial charge on any atom is 0.398 e. The maximum absolute atomic E-state index is 13.6. The molecule has 0 radical (unpaired) electrons. The molecule has 1 aromatic carbocycles. The van der Waals surface area contributed by atoms with Crippen LogP contribution in [0, 0.1) is 17.2 Å². The molecule has 0 spiro atoms. The molecule has 2 aliphatic carbocycles. The molecular weight excluding hydrogens is 589 g/mol. The fraction of sp³-hybridized carbons (Fsp3) is 0.438. The molecule has 0 amide bonds. The summed E-state index contributed by atoms with van der Waals surface area (Å²) in [5, 5.41) is 27.3. The fourth-order valence-corrected chi connectivity index (χ4v) is 8.43. The molecule has 0 unspecified atom stereocenters. The maximum atomic E-state index is 13.6. The number of anilines is 1. The van der Waals surface area contributed by atoms with Crippen molar-refractivity contribution in [3.8, 4) is 17.2 Å². The van der Waals surface area contributed by atoms with Gasteiger partial charge in [0.15, 0.2) is 0 Å². The van der Waals surface area contributed by atoms with E-state index in [1.807, 2.05) is 24.3 Å². The first-order valence-electron chi connectivity index (χ1n) is 14.9. The quantitative estimate of drug-likeness (QED) is 0.323. The van der Waals surface area contributed by atoms with Gasteiger partial charge in [-0.3, -0.25) is 9.78 Å². The number of aromatic nitrogens is 3. The molecule has 8 nitrogen and oxygen atoms in total. The lowest BCUT2D eigenvalue weighted by Gasteiger charge is -2.37. The third-order valence-corrected chi connectivity index (χ3v) is 11.1. The lowest BCUT2D eigenvalue weighted by Crippen LogP contribution is -2.41. The highest BCUT2D eigenvalue weighted by Crippen LogP contribution is 2.59. The van der Waals surface area contributed by atoms with E-state index in [9.17, 15) is 28.3 Å². The summed E-state index contributed by atoms with van der Waals surface area (Å²) in [6.45, 7) is 1.92. The van der Waals surface area contributed by atoms with Gasteiger partial charge in [0.05, 0.1) is 46.6 Å². The van der Waals surface area contributed by atoms with Crippen molar-refractivity contribution in [3.05, 3.63) is 74.6 Å². The highest BCUT2D eigenvalue weighted by molar-refractivity contribution is 7.19. The third-order valence-electron chi connectivity index (χ3n) is 9.94. The van der Waals surface area contributed by atoms with Crippen LogP contribution in [0.25, 0.3) is 21.3 Å². The number of alkyl halides is 3. The van der Waals surface area contributed by atoms with Gasteiger partial charge in [-0.05, 0) is 72.9 Å². The van der Waals surface area contributed by atoms with E-state index in [0.29, 0.717) is 17.4 Å². The number of fused-ring (bicyclic) bond motifs is 4. The van der Waals surface area contributed by atoms with Crippen LogP contribution in [0.4, 0.5) is 18.9 Å². The summed E-state index contributed by atoms with van der Waals surface area (Å²) < 4.78 is 42.9. The molecule has 3 aromatic heterocycles. The smallest absolute Gasteiger partial charge is 0.395 e. The Morgan fingerprint density at radius 3 is 2.73 bits per heavy atom. The molecular formula is C32H29F3N6O2S. The molecule has 2 N–H and O–H groups in total. The van der Waals surface area contributed by atoms with E-state index in [1.54, 1.807) is 6.20 Å². The van der Waals surface area contributed by atoms with E-state index in [2.05, 4.69) is 26.4 Å². The summed E-state index contributed by atoms with van der Waals surface area (Å²) in [4.78, 5) is 20.8. The largest absolute Gasteiger partial charge is 0.398 e. The minimum Gasteiger partial charge on any atom is -0.395 e. The molecule has 5 heterocycles. The number of thiophene rings is 1. The number of hydrogen-bond acceptors (Lipinski definition) is 8. The lowest BCUT2D eigenvalue weighted by molar-refractivity contribution is -0.160. The molecule has 4 aromatic rings. The van der Waals surface area contributed by atoms with Gasteiger partial charge in [0.25, 0.3) is 5.56 Å². The number of halogens is 3. The van der Waals surface area contributed by atoms with Crippen LogP contribution >= 0.6 is 11.3 Å². The molecule has 2 aliphatic heterocycles. The second-order valence-electron chi connectivity index (χ2n) is 12.6. The van der Waals surface area contributed by atoms with E-state index < -0.39 is 17.2 Å². The molecule has 3 fully saturated rings. The van der Waals surface area contributed by atoms with Crippen molar-refractivity contribution in [1.29, 1.82) is 5.26 Å². The van der Waals surface area contributed by atoms with Crippen molar-refractivity contribution in [3.63, 3.8) is 0 Å². The van der Waals surface area contributed by atoms with Crippen LogP contribution in [0.2, 0.25) is 0 Å². The Labute approximate surface area is 254 Å². The van der Waals surface area contributed by atoms with Crippen molar-refractivity contribution in [2.24, 2.45) is 5.92 Å². The van der Waals surface area contributed by atoms with Gasteiger partial charge in [0.1, 0.15) is 0 Å². The van der Waals surface area contributed by atoms with Crippen LogP contribution in [0.3, 0.4) is 0 Å². The van der Waals surface area contributed by atoms with Crippen molar-refractivity contribution in [2.75, 3.05) is 24.6 Å². The number of nitrogens with zero attached hydrogens (tertiary/aromatic N) is 5. The zero-order chi connectivity index (χ0) is 30.4. The van der Waals surface area contributed by atoms with Gasteiger partial charge in [-0.15, -0.1) is 11.3 Å². The molecule has 1 saturated heterocycles. The van der Waals surface area contributed by atoms with E-state index >= 15 is 0 Å². The molecule has 12 heteroatoms. The molecule has 0 bridgehead atoms. The SMILES string of the molecule is N#Cc1cc(-c2ccnc3cc(Cn4ncc(C5(C(F)(F)F)CC5)cc4=O)sc23)c2c(c1)[C@H]1C[C@H]1CN2[C@@H]1CN[C@@H](CO)C1. The van der Waals surface area contributed by atoms with E-state index in [0.717, 1.165) is 63.9 Å². The third kappa shape index (κ3) is 4.36. The molecule has 4 aliphatic rings. The average Bonchev–Trinajstić information content (AvgIpc) is 3.90. The van der Waals surface area contributed by atoms with Gasteiger partial charge < -0.3 is 15.3 Å². The average molecular weight is 619 g/mol. The number of benzene rings is 1. The number of pyridine rings is 1. The number of rotatable bonds is 6. The van der Waals surface area contributed by atoms with Gasteiger partial charge in [-0.1, -0.05) is 0 Å². The summed E-state index contributed by atoms with van der Waals surface area (Å²) in [5.74, 6) is 0.993. The van der Waals surface area contributed by atoms with Gasteiger partial charge in [-0.25, -0.2) is 4.68 Å². The van der Waals surface area contributed by atoms with Crippen molar-refractivity contribution < 1.29 is 18.3 Å². The molecule has 2 saturated carbocycles. The van der Waals surface area contributed by atoms with Crippen LogP contribution in [0.5, 0.6) is 0 Å². The first-order valence-corrected chi connectivity index (χ1v) is 15.7. The second-order valence-corrected chi connectivity index (χ2v) is 13.7. The summed E-state index contributed by atoms with van der Waals surface area (Å²) in [7, 11) is 0. The monoisotopic (exact) mass is 618 g/mol. The van der Waals surface area contributed by atoms with E-state index in [1.165, 1.54) is 27.8 Å². The minimum atomic E-state index is -4.41. The summed E-state index contributed by atoms with van der Waals surface area (Å²) >= 11 is 1.47. The molecule has 8 rings (SSSR count). The van der Waals surface area contributed by atoms with Gasteiger partial charge in [0.2, 0.25) is 0 Å². The normalized spacial score (nSPS) is 25.0. The molecule has 226 valence electrons. The fourth-order valence-electron chi connectivity index (χ4n) is 7.31. The number of aliphatic hydroxyl groups is 1. The predicted molar refractivity (Wildman–Crippen MR) is 160 cm³/mol. The first kappa shape index (κ1) is 27.7. The minimum absolute atomic E-state index is 0.0266. The Bertz CT molecular complexity index is 1910. The van der Waals surface area contributed by atoms with Crippen molar-refractivity contribution in [2.45, 2.75) is 61.8 Å². The zero-order valence-electron chi connectivity index (χ0n) is 23.6. The van der Waals surface area contributed by atoms with Crippen molar-refractivity contribution >= 4 is 27.2 Å². The summed E-state index contributed by atoms with van der Waals surface area (Å²) in [6.07, 6.45) is 0.401. The second kappa shape index (κ2) is 9.86. The topological polar surface area (TPSA) is 107 Å². The highest BCUT2D eigenvalue weighted by Gasteiger charge is 2.64. The number of hydrogen-bond donors (Lipinski definition) is 2. The Hall–Kier alpha value is -3.79. The molecule has 44 heavy (non-hydrogen) atoms. The van der Waals surface area contributed by atoms with Gasteiger partial charge >= 0.3 is 6.18 Å². The van der Waals surface area contributed by atoms with Gasteiger partial charge in [0, 0.05) is 59.1 Å². The Morgan fingerprint density at radius 1 is 1.18 bits per heavy atom.